The number of guanidine groups is 1. The fraction of sp³-hybridized carbons (Fsp3) is 0.944. The van der Waals surface area contributed by atoms with Gasteiger partial charge in [-0.05, 0) is 46.3 Å². The number of aliphatic imine (C=N–C) groups is 1. The van der Waals surface area contributed by atoms with E-state index < -0.39 is 0 Å². The van der Waals surface area contributed by atoms with Crippen LogP contribution in [-0.4, -0.2) is 73.3 Å². The molecule has 0 aromatic rings. The van der Waals surface area contributed by atoms with Crippen LogP contribution < -0.4 is 10.6 Å². The van der Waals surface area contributed by atoms with Crippen LogP contribution in [0.15, 0.2) is 4.99 Å². The summed E-state index contributed by atoms with van der Waals surface area (Å²) in [5.41, 5.74) is 0. The molecule has 1 saturated heterocycles. The molecule has 0 aliphatic carbocycles. The number of thioether (sulfide) groups is 1. The van der Waals surface area contributed by atoms with Gasteiger partial charge in [0.25, 0.3) is 0 Å². The number of rotatable bonds is 9. The van der Waals surface area contributed by atoms with E-state index in [1.165, 1.54) is 0 Å². The summed E-state index contributed by atoms with van der Waals surface area (Å²) in [6.45, 7) is 15.9. The highest BCUT2D eigenvalue weighted by molar-refractivity contribution is 14.0. The van der Waals surface area contributed by atoms with Gasteiger partial charge in [-0.3, -0.25) is 9.89 Å². The molecule has 0 amide bonds. The summed E-state index contributed by atoms with van der Waals surface area (Å²) in [6.07, 6.45) is 2.23. The number of hydrogen-bond donors (Lipinski definition) is 2. The van der Waals surface area contributed by atoms with Crippen molar-refractivity contribution in [2.75, 3.05) is 45.6 Å². The molecule has 1 aliphatic rings. The highest BCUT2D eigenvalue weighted by atomic mass is 127. The summed E-state index contributed by atoms with van der Waals surface area (Å²) in [6, 6.07) is 1.13. The molecule has 0 saturated carbocycles. The molecule has 0 aromatic carbocycles. The van der Waals surface area contributed by atoms with Crippen LogP contribution in [0.3, 0.4) is 0 Å². The zero-order valence-electron chi connectivity index (χ0n) is 16.9. The Bertz CT molecular complexity index is 361. The van der Waals surface area contributed by atoms with E-state index in [-0.39, 0.29) is 28.7 Å². The summed E-state index contributed by atoms with van der Waals surface area (Å²) in [5.74, 6) is 2.05. The molecule has 150 valence electrons. The molecule has 1 heterocycles. The average molecular weight is 487 g/mol. The van der Waals surface area contributed by atoms with E-state index in [4.69, 9.17) is 4.74 Å². The Morgan fingerprint density at radius 3 is 2.24 bits per heavy atom. The van der Waals surface area contributed by atoms with Gasteiger partial charge in [0.2, 0.25) is 0 Å². The largest absolute Gasteiger partial charge is 0.381 e. The molecular formula is C18H39IN4OS. The third-order valence-electron chi connectivity index (χ3n) is 4.65. The maximum Gasteiger partial charge on any atom is 0.191 e. The van der Waals surface area contributed by atoms with Crippen molar-refractivity contribution >= 4 is 41.7 Å². The quantitative estimate of drug-likeness (QED) is 0.298. The van der Waals surface area contributed by atoms with Crippen molar-refractivity contribution in [1.82, 2.24) is 15.5 Å². The van der Waals surface area contributed by atoms with Crippen molar-refractivity contribution in [2.24, 2.45) is 4.99 Å². The Morgan fingerprint density at radius 2 is 1.76 bits per heavy atom. The lowest BCUT2D eigenvalue weighted by molar-refractivity contribution is 0.0782. The zero-order chi connectivity index (χ0) is 18.0. The maximum absolute atomic E-state index is 5.55. The molecule has 1 fully saturated rings. The van der Waals surface area contributed by atoms with Gasteiger partial charge in [-0.2, -0.15) is 11.8 Å². The second kappa shape index (κ2) is 13.4. The fourth-order valence-corrected chi connectivity index (χ4v) is 4.55. The van der Waals surface area contributed by atoms with E-state index in [0.717, 1.165) is 57.4 Å². The van der Waals surface area contributed by atoms with Crippen molar-refractivity contribution in [1.29, 1.82) is 0 Å². The summed E-state index contributed by atoms with van der Waals surface area (Å²) in [5, 5.41) is 7.01. The standard InChI is InChI=1S/C18H38N4OS.HI/c1-7-24-18(8-12-23-13-9-18)14-21-17(19-6)20-10-11-22(15(2)3)16(4)5;/h15-16H,7-14H2,1-6H3,(H2,19,20,21);1H. The van der Waals surface area contributed by atoms with Crippen LogP contribution in [0.5, 0.6) is 0 Å². The van der Waals surface area contributed by atoms with E-state index in [0.29, 0.717) is 12.1 Å². The lowest BCUT2D eigenvalue weighted by atomic mass is 9.99. The molecule has 25 heavy (non-hydrogen) atoms. The smallest absolute Gasteiger partial charge is 0.191 e. The van der Waals surface area contributed by atoms with Gasteiger partial charge in [-0.25, -0.2) is 0 Å². The van der Waals surface area contributed by atoms with Gasteiger partial charge in [0.05, 0.1) is 0 Å². The Morgan fingerprint density at radius 1 is 1.16 bits per heavy atom. The van der Waals surface area contributed by atoms with E-state index in [9.17, 15) is 0 Å². The van der Waals surface area contributed by atoms with Gasteiger partial charge >= 0.3 is 0 Å². The molecule has 0 aromatic heterocycles. The lowest BCUT2D eigenvalue weighted by Gasteiger charge is -2.37. The Balaban J connectivity index is 0.00000576. The van der Waals surface area contributed by atoms with Crippen molar-refractivity contribution in [3.05, 3.63) is 0 Å². The van der Waals surface area contributed by atoms with Crippen LogP contribution in [-0.2, 0) is 4.74 Å². The second-order valence-electron chi connectivity index (χ2n) is 7.01. The van der Waals surface area contributed by atoms with Crippen molar-refractivity contribution in [3.8, 4) is 0 Å². The van der Waals surface area contributed by atoms with Crippen molar-refractivity contribution in [2.45, 2.75) is 64.3 Å². The Labute approximate surface area is 176 Å². The molecule has 1 rings (SSSR count). The van der Waals surface area contributed by atoms with Gasteiger partial charge in [-0.1, -0.05) is 6.92 Å². The second-order valence-corrected chi connectivity index (χ2v) is 8.74. The molecule has 2 N–H and O–H groups in total. The first kappa shape index (κ1) is 25.3. The van der Waals surface area contributed by atoms with E-state index in [2.05, 4.69) is 66.9 Å². The number of halogens is 1. The molecule has 1 aliphatic heterocycles. The number of hydrogen-bond acceptors (Lipinski definition) is 4. The third kappa shape index (κ3) is 9.15. The van der Waals surface area contributed by atoms with E-state index in [1.54, 1.807) is 0 Å². The molecule has 5 nitrogen and oxygen atoms in total. The average Bonchev–Trinajstić information content (AvgIpc) is 2.54. The predicted molar refractivity (Wildman–Crippen MR) is 123 cm³/mol. The minimum Gasteiger partial charge on any atom is -0.381 e. The molecule has 0 bridgehead atoms. The SMILES string of the molecule is CCSC1(CNC(=NC)NCCN(C(C)C)C(C)C)CCOCC1.I. The minimum atomic E-state index is 0. The number of nitrogens with zero attached hydrogens (tertiary/aromatic N) is 2. The van der Waals surface area contributed by atoms with Crippen LogP contribution in [0, 0.1) is 0 Å². The number of ether oxygens (including phenoxy) is 1. The normalized spacial score (nSPS) is 17.7. The molecule has 7 heteroatoms. The highest BCUT2D eigenvalue weighted by Gasteiger charge is 2.32. The molecule has 0 atom stereocenters. The summed E-state index contributed by atoms with van der Waals surface area (Å²) in [4.78, 5) is 6.88. The van der Waals surface area contributed by atoms with E-state index >= 15 is 0 Å². The Hall–Kier alpha value is 0.270. The Kier molecular flexibility index (Phi) is 13.6. The first-order valence-corrected chi connectivity index (χ1v) is 10.3. The van der Waals surface area contributed by atoms with Crippen molar-refractivity contribution in [3.63, 3.8) is 0 Å². The van der Waals surface area contributed by atoms with Gasteiger partial charge < -0.3 is 15.4 Å². The van der Waals surface area contributed by atoms with Crippen LogP contribution in [0.25, 0.3) is 0 Å². The fourth-order valence-electron chi connectivity index (χ4n) is 3.30. The van der Waals surface area contributed by atoms with Gasteiger partial charge in [-0.15, -0.1) is 24.0 Å². The summed E-state index contributed by atoms with van der Waals surface area (Å²) < 4.78 is 5.83. The first-order valence-electron chi connectivity index (χ1n) is 9.36. The van der Waals surface area contributed by atoms with Crippen molar-refractivity contribution < 1.29 is 4.74 Å². The molecular weight excluding hydrogens is 447 g/mol. The van der Waals surface area contributed by atoms with Crippen LogP contribution in [0.1, 0.15) is 47.5 Å². The van der Waals surface area contributed by atoms with Crippen LogP contribution in [0.4, 0.5) is 0 Å². The van der Waals surface area contributed by atoms with Gasteiger partial charge in [0.15, 0.2) is 5.96 Å². The van der Waals surface area contributed by atoms with E-state index in [1.807, 2.05) is 7.05 Å². The summed E-state index contributed by atoms with van der Waals surface area (Å²) in [7, 11) is 1.85. The highest BCUT2D eigenvalue weighted by Crippen LogP contribution is 2.34. The van der Waals surface area contributed by atoms with Crippen LogP contribution in [0.2, 0.25) is 0 Å². The minimum absolute atomic E-state index is 0. The summed E-state index contributed by atoms with van der Waals surface area (Å²) >= 11 is 2.06. The topological polar surface area (TPSA) is 48.9 Å². The molecule has 0 radical (unpaired) electrons. The lowest BCUT2D eigenvalue weighted by Crippen LogP contribution is -2.50. The third-order valence-corrected chi connectivity index (χ3v) is 6.10. The molecule has 0 spiro atoms. The maximum atomic E-state index is 5.55. The monoisotopic (exact) mass is 486 g/mol. The van der Waals surface area contributed by atoms with Gasteiger partial charge in [0.1, 0.15) is 0 Å². The predicted octanol–water partition coefficient (Wildman–Crippen LogP) is 3.19. The van der Waals surface area contributed by atoms with Crippen LogP contribution >= 0.6 is 35.7 Å². The first-order chi connectivity index (χ1) is 11.4. The zero-order valence-corrected chi connectivity index (χ0v) is 20.1. The number of nitrogens with one attached hydrogen (secondary N) is 2. The molecule has 0 unspecified atom stereocenters. The van der Waals surface area contributed by atoms with Gasteiger partial charge in [0, 0.05) is 56.7 Å².